The van der Waals surface area contributed by atoms with Crippen LogP contribution in [0.25, 0.3) is 0 Å². The molecule has 0 spiro atoms. The molecule has 94 valence electrons. The second kappa shape index (κ2) is 5.35. The van der Waals surface area contributed by atoms with Crippen LogP contribution >= 0.6 is 0 Å². The summed E-state index contributed by atoms with van der Waals surface area (Å²) in [6, 6.07) is 4.92. The van der Waals surface area contributed by atoms with Gasteiger partial charge in [-0.25, -0.2) is 4.98 Å². The van der Waals surface area contributed by atoms with E-state index in [1.54, 1.807) is 37.6 Å². The van der Waals surface area contributed by atoms with Gasteiger partial charge in [0.15, 0.2) is 0 Å². The highest BCUT2D eigenvalue weighted by atomic mass is 16.3. The van der Waals surface area contributed by atoms with Gasteiger partial charge < -0.3 is 15.4 Å². The molecule has 0 aliphatic rings. The molecular weight excluding hydrogens is 230 g/mol. The van der Waals surface area contributed by atoms with Crippen molar-refractivity contribution < 1.29 is 9.90 Å². The number of phenols is 1. The number of imidazole rings is 1. The molecule has 3 N–H and O–H groups in total. The van der Waals surface area contributed by atoms with Gasteiger partial charge in [0.25, 0.3) is 5.91 Å². The van der Waals surface area contributed by atoms with E-state index in [2.05, 4.69) is 15.3 Å². The van der Waals surface area contributed by atoms with Crippen molar-refractivity contribution in [3.05, 3.63) is 47.5 Å². The summed E-state index contributed by atoms with van der Waals surface area (Å²) >= 11 is 0. The SMILES string of the molecule is Cc1c(O)cccc1C(=O)NCCc1cnc[nH]1. The predicted molar refractivity (Wildman–Crippen MR) is 67.5 cm³/mol. The van der Waals surface area contributed by atoms with Crippen molar-refractivity contribution in [1.82, 2.24) is 15.3 Å². The maximum Gasteiger partial charge on any atom is 0.251 e. The molecule has 5 heteroatoms. The van der Waals surface area contributed by atoms with Crippen LogP contribution in [0.4, 0.5) is 0 Å². The van der Waals surface area contributed by atoms with E-state index in [4.69, 9.17) is 0 Å². The number of aromatic nitrogens is 2. The van der Waals surface area contributed by atoms with Crippen LogP contribution in [0.15, 0.2) is 30.7 Å². The van der Waals surface area contributed by atoms with Crippen molar-refractivity contribution in [3.63, 3.8) is 0 Å². The minimum Gasteiger partial charge on any atom is -0.508 e. The number of benzene rings is 1. The quantitative estimate of drug-likeness (QED) is 0.761. The lowest BCUT2D eigenvalue weighted by Crippen LogP contribution is -2.26. The first-order valence-corrected chi connectivity index (χ1v) is 5.72. The van der Waals surface area contributed by atoms with E-state index in [1.807, 2.05) is 0 Å². The fraction of sp³-hybridized carbons (Fsp3) is 0.231. The Hall–Kier alpha value is -2.30. The molecule has 0 radical (unpaired) electrons. The molecule has 0 saturated carbocycles. The molecule has 1 heterocycles. The molecule has 0 aliphatic carbocycles. The van der Waals surface area contributed by atoms with Gasteiger partial charge in [0, 0.05) is 36.0 Å². The van der Waals surface area contributed by atoms with E-state index in [1.165, 1.54) is 0 Å². The van der Waals surface area contributed by atoms with E-state index in [0.717, 1.165) is 5.69 Å². The Morgan fingerprint density at radius 1 is 1.50 bits per heavy atom. The van der Waals surface area contributed by atoms with Crippen molar-refractivity contribution in [2.75, 3.05) is 6.54 Å². The first kappa shape index (κ1) is 12.2. The number of carbonyl (C=O) groups excluding carboxylic acids is 1. The van der Waals surface area contributed by atoms with Gasteiger partial charge in [-0.3, -0.25) is 4.79 Å². The van der Waals surface area contributed by atoms with Crippen molar-refractivity contribution in [3.8, 4) is 5.75 Å². The molecule has 5 nitrogen and oxygen atoms in total. The minimum atomic E-state index is -0.178. The summed E-state index contributed by atoms with van der Waals surface area (Å²) in [7, 11) is 0. The Bertz CT molecular complexity index is 535. The Morgan fingerprint density at radius 3 is 3.06 bits per heavy atom. The van der Waals surface area contributed by atoms with Crippen LogP contribution in [-0.2, 0) is 6.42 Å². The lowest BCUT2D eigenvalue weighted by atomic mass is 10.1. The van der Waals surface area contributed by atoms with Gasteiger partial charge in [0.1, 0.15) is 5.75 Å². The van der Waals surface area contributed by atoms with Gasteiger partial charge in [-0.15, -0.1) is 0 Å². The molecule has 0 bridgehead atoms. The van der Waals surface area contributed by atoms with Crippen LogP contribution in [0.1, 0.15) is 21.6 Å². The van der Waals surface area contributed by atoms with Gasteiger partial charge in [0.2, 0.25) is 0 Å². The number of rotatable bonds is 4. The second-order valence-corrected chi connectivity index (χ2v) is 4.03. The normalized spacial score (nSPS) is 10.3. The summed E-state index contributed by atoms with van der Waals surface area (Å²) in [5.41, 5.74) is 2.07. The Kier molecular flexibility index (Phi) is 3.62. The fourth-order valence-corrected chi connectivity index (χ4v) is 1.70. The third-order valence-electron chi connectivity index (χ3n) is 2.78. The lowest BCUT2D eigenvalue weighted by Gasteiger charge is -2.08. The van der Waals surface area contributed by atoms with E-state index in [-0.39, 0.29) is 11.7 Å². The summed E-state index contributed by atoms with van der Waals surface area (Å²) in [4.78, 5) is 18.8. The van der Waals surface area contributed by atoms with Crippen molar-refractivity contribution >= 4 is 5.91 Å². The standard InChI is InChI=1S/C13H15N3O2/c1-9-11(3-2-4-12(9)17)13(18)15-6-5-10-7-14-8-16-10/h2-4,7-8,17H,5-6H2,1H3,(H,14,16)(H,15,18). The number of H-pyrrole nitrogens is 1. The number of aromatic amines is 1. The van der Waals surface area contributed by atoms with Crippen LogP contribution in [0, 0.1) is 6.92 Å². The molecule has 1 aromatic heterocycles. The molecule has 1 aromatic carbocycles. The van der Waals surface area contributed by atoms with Gasteiger partial charge in [-0.05, 0) is 19.1 Å². The van der Waals surface area contributed by atoms with E-state index >= 15 is 0 Å². The molecule has 0 atom stereocenters. The van der Waals surface area contributed by atoms with E-state index in [0.29, 0.717) is 24.1 Å². The first-order valence-electron chi connectivity index (χ1n) is 5.72. The molecule has 0 unspecified atom stereocenters. The van der Waals surface area contributed by atoms with Crippen LogP contribution in [0.5, 0.6) is 5.75 Å². The summed E-state index contributed by atoms with van der Waals surface area (Å²) in [5, 5.41) is 12.3. The van der Waals surface area contributed by atoms with Crippen molar-refractivity contribution in [1.29, 1.82) is 0 Å². The number of carbonyl (C=O) groups is 1. The minimum absolute atomic E-state index is 0.135. The third kappa shape index (κ3) is 2.68. The molecular formula is C13H15N3O2. The maximum atomic E-state index is 11.9. The number of aromatic hydroxyl groups is 1. The summed E-state index contributed by atoms with van der Waals surface area (Å²) in [6.45, 7) is 2.25. The zero-order valence-corrected chi connectivity index (χ0v) is 10.1. The van der Waals surface area contributed by atoms with E-state index in [9.17, 15) is 9.90 Å². The summed E-state index contributed by atoms with van der Waals surface area (Å²) < 4.78 is 0. The first-order chi connectivity index (χ1) is 8.68. The lowest BCUT2D eigenvalue weighted by molar-refractivity contribution is 0.0953. The molecule has 2 rings (SSSR count). The van der Waals surface area contributed by atoms with Crippen molar-refractivity contribution in [2.45, 2.75) is 13.3 Å². The Morgan fingerprint density at radius 2 is 2.33 bits per heavy atom. The number of amides is 1. The molecule has 0 aliphatic heterocycles. The van der Waals surface area contributed by atoms with Crippen LogP contribution in [0.3, 0.4) is 0 Å². The molecule has 1 amide bonds. The predicted octanol–water partition coefficient (Wildman–Crippen LogP) is 1.40. The van der Waals surface area contributed by atoms with Crippen LogP contribution in [-0.4, -0.2) is 27.5 Å². The zero-order chi connectivity index (χ0) is 13.0. The molecule has 0 fully saturated rings. The maximum absolute atomic E-state index is 11.9. The highest BCUT2D eigenvalue weighted by Crippen LogP contribution is 2.19. The number of nitrogens with one attached hydrogen (secondary N) is 2. The Labute approximate surface area is 105 Å². The average molecular weight is 245 g/mol. The van der Waals surface area contributed by atoms with Crippen molar-refractivity contribution in [2.24, 2.45) is 0 Å². The number of hydrogen-bond donors (Lipinski definition) is 3. The molecule has 2 aromatic rings. The van der Waals surface area contributed by atoms with Gasteiger partial charge in [-0.2, -0.15) is 0 Å². The van der Waals surface area contributed by atoms with Crippen LogP contribution < -0.4 is 5.32 Å². The summed E-state index contributed by atoms with van der Waals surface area (Å²) in [5.74, 6) is -0.0425. The van der Waals surface area contributed by atoms with Crippen LogP contribution in [0.2, 0.25) is 0 Å². The summed E-state index contributed by atoms with van der Waals surface area (Å²) in [6.07, 6.45) is 4.03. The second-order valence-electron chi connectivity index (χ2n) is 4.03. The number of nitrogens with zero attached hydrogens (tertiary/aromatic N) is 1. The van der Waals surface area contributed by atoms with Gasteiger partial charge in [-0.1, -0.05) is 6.07 Å². The zero-order valence-electron chi connectivity index (χ0n) is 10.1. The van der Waals surface area contributed by atoms with E-state index < -0.39 is 0 Å². The third-order valence-corrected chi connectivity index (χ3v) is 2.78. The highest BCUT2D eigenvalue weighted by Gasteiger charge is 2.10. The fourth-order valence-electron chi connectivity index (χ4n) is 1.70. The number of phenolic OH excluding ortho intramolecular Hbond substituents is 1. The monoisotopic (exact) mass is 245 g/mol. The average Bonchev–Trinajstić information content (AvgIpc) is 2.85. The Balaban J connectivity index is 1.93. The molecule has 0 saturated heterocycles. The topological polar surface area (TPSA) is 78.0 Å². The highest BCUT2D eigenvalue weighted by molar-refractivity contribution is 5.96. The number of hydrogen-bond acceptors (Lipinski definition) is 3. The molecule has 18 heavy (non-hydrogen) atoms. The smallest absolute Gasteiger partial charge is 0.251 e. The largest absolute Gasteiger partial charge is 0.508 e. The van der Waals surface area contributed by atoms with Gasteiger partial charge >= 0.3 is 0 Å². The van der Waals surface area contributed by atoms with Gasteiger partial charge in [0.05, 0.1) is 6.33 Å².